The molecule has 0 aliphatic rings. The van der Waals surface area contributed by atoms with Crippen LogP contribution < -0.4 is 4.74 Å². The zero-order chi connectivity index (χ0) is 14.7. The number of methoxy groups -OCH3 is 1. The maximum absolute atomic E-state index is 11.8. The van der Waals surface area contributed by atoms with Crippen LogP contribution in [-0.4, -0.2) is 39.0 Å². The van der Waals surface area contributed by atoms with Gasteiger partial charge in [-0.05, 0) is 19.3 Å². The smallest absolute Gasteiger partial charge is 0.255 e. The van der Waals surface area contributed by atoms with E-state index in [4.69, 9.17) is 9.84 Å². The summed E-state index contributed by atoms with van der Waals surface area (Å²) in [6.45, 7) is 3.57. The molecule has 0 atom stereocenters. The van der Waals surface area contributed by atoms with Gasteiger partial charge in [-0.2, -0.15) is 4.98 Å². The SMILES string of the molecule is CCc1c(OC)nc2nc(C(=O)C#CCO)cn2c1C. The Bertz CT molecular complexity index is 723. The predicted octanol–water partition coefficient (Wildman–Crippen LogP) is 0.787. The van der Waals surface area contributed by atoms with Crippen molar-refractivity contribution >= 4 is 11.6 Å². The third-order valence-corrected chi connectivity index (χ3v) is 3.01. The number of carbonyl (C=O) groups is 1. The summed E-state index contributed by atoms with van der Waals surface area (Å²) in [7, 11) is 1.55. The molecule has 6 heteroatoms. The first-order valence-electron chi connectivity index (χ1n) is 6.19. The van der Waals surface area contributed by atoms with Crippen LogP contribution in [0, 0.1) is 18.8 Å². The van der Waals surface area contributed by atoms with E-state index in [9.17, 15) is 4.79 Å². The van der Waals surface area contributed by atoms with E-state index < -0.39 is 5.78 Å². The predicted molar refractivity (Wildman–Crippen MR) is 72.8 cm³/mol. The third-order valence-electron chi connectivity index (χ3n) is 3.01. The fourth-order valence-corrected chi connectivity index (χ4v) is 2.02. The molecule has 0 bridgehead atoms. The van der Waals surface area contributed by atoms with Crippen molar-refractivity contribution in [1.82, 2.24) is 14.4 Å². The van der Waals surface area contributed by atoms with E-state index in [2.05, 4.69) is 21.8 Å². The van der Waals surface area contributed by atoms with E-state index >= 15 is 0 Å². The topological polar surface area (TPSA) is 76.7 Å². The van der Waals surface area contributed by atoms with Crippen molar-refractivity contribution in [3.8, 4) is 17.7 Å². The quantitative estimate of drug-likeness (QED) is 0.508. The van der Waals surface area contributed by atoms with E-state index in [1.54, 1.807) is 17.7 Å². The van der Waals surface area contributed by atoms with Gasteiger partial charge in [0.25, 0.3) is 5.78 Å². The fourth-order valence-electron chi connectivity index (χ4n) is 2.02. The number of aliphatic hydroxyl groups excluding tert-OH is 1. The minimum atomic E-state index is -0.444. The van der Waals surface area contributed by atoms with Gasteiger partial charge in [-0.3, -0.25) is 9.20 Å². The standard InChI is InChI=1S/C14H15N3O3/c1-4-10-9(2)17-8-11(12(19)6-5-7-18)15-14(17)16-13(10)20-3/h8,18H,4,7H2,1-3H3. The lowest BCUT2D eigenvalue weighted by atomic mass is 10.2. The second-order valence-electron chi connectivity index (χ2n) is 4.12. The zero-order valence-electron chi connectivity index (χ0n) is 11.6. The van der Waals surface area contributed by atoms with Gasteiger partial charge in [0.05, 0.1) is 7.11 Å². The van der Waals surface area contributed by atoms with Crippen molar-refractivity contribution in [2.45, 2.75) is 20.3 Å². The Hall–Kier alpha value is -2.39. The van der Waals surface area contributed by atoms with Crippen molar-refractivity contribution in [2.24, 2.45) is 0 Å². The summed E-state index contributed by atoms with van der Waals surface area (Å²) in [4.78, 5) is 20.2. The van der Waals surface area contributed by atoms with Crippen molar-refractivity contribution in [1.29, 1.82) is 0 Å². The number of aryl methyl sites for hydroxylation is 1. The number of nitrogens with zero attached hydrogens (tertiary/aromatic N) is 3. The normalized spacial score (nSPS) is 10.2. The molecule has 0 radical (unpaired) electrons. The monoisotopic (exact) mass is 273 g/mol. The molecule has 0 unspecified atom stereocenters. The van der Waals surface area contributed by atoms with Gasteiger partial charge >= 0.3 is 0 Å². The molecule has 2 rings (SSSR count). The molecule has 0 aromatic carbocycles. The number of Topliss-reactive ketones (excluding diaryl/α,β-unsaturated/α-hetero) is 1. The lowest BCUT2D eigenvalue weighted by Crippen LogP contribution is -2.03. The first-order valence-corrected chi connectivity index (χ1v) is 6.19. The Balaban J connectivity index is 2.59. The summed E-state index contributed by atoms with van der Waals surface area (Å²) in [6, 6.07) is 0. The number of ketones is 1. The first-order chi connectivity index (χ1) is 9.62. The molecule has 0 spiro atoms. The lowest BCUT2D eigenvalue weighted by Gasteiger charge is -2.10. The molecule has 2 heterocycles. The molecule has 104 valence electrons. The van der Waals surface area contributed by atoms with Gasteiger partial charge in [0.2, 0.25) is 11.7 Å². The van der Waals surface area contributed by atoms with Gasteiger partial charge in [0.15, 0.2) is 0 Å². The van der Waals surface area contributed by atoms with Crippen LogP contribution in [0.15, 0.2) is 6.20 Å². The summed E-state index contributed by atoms with van der Waals surface area (Å²) >= 11 is 0. The summed E-state index contributed by atoms with van der Waals surface area (Å²) in [5, 5.41) is 8.60. The number of imidazole rings is 1. The van der Waals surface area contributed by atoms with Gasteiger partial charge in [0, 0.05) is 17.5 Å². The van der Waals surface area contributed by atoms with Crippen LogP contribution in [0.5, 0.6) is 5.88 Å². The lowest BCUT2D eigenvalue weighted by molar-refractivity contribution is 0.105. The van der Waals surface area contributed by atoms with Crippen molar-refractivity contribution < 1.29 is 14.6 Å². The number of hydrogen-bond donors (Lipinski definition) is 1. The fraction of sp³-hybridized carbons (Fsp3) is 0.357. The molecule has 0 fully saturated rings. The molecule has 0 aliphatic heterocycles. The average molecular weight is 273 g/mol. The molecule has 2 aromatic rings. The summed E-state index contributed by atoms with van der Waals surface area (Å²) in [6.07, 6.45) is 2.37. The molecule has 1 N–H and O–H groups in total. The van der Waals surface area contributed by atoms with Crippen molar-refractivity contribution in [3.63, 3.8) is 0 Å². The van der Waals surface area contributed by atoms with Gasteiger partial charge in [0.1, 0.15) is 12.3 Å². The van der Waals surface area contributed by atoms with Crippen LogP contribution in [0.25, 0.3) is 5.78 Å². The Kier molecular flexibility index (Phi) is 4.01. The van der Waals surface area contributed by atoms with Crippen LogP contribution in [0.2, 0.25) is 0 Å². The molecule has 6 nitrogen and oxygen atoms in total. The second-order valence-corrected chi connectivity index (χ2v) is 4.12. The van der Waals surface area contributed by atoms with Crippen molar-refractivity contribution in [2.75, 3.05) is 13.7 Å². The van der Waals surface area contributed by atoms with E-state index in [0.29, 0.717) is 11.7 Å². The molecule has 2 aromatic heterocycles. The molecule has 0 saturated carbocycles. The third kappa shape index (κ3) is 2.36. The molecule has 20 heavy (non-hydrogen) atoms. The van der Waals surface area contributed by atoms with Crippen molar-refractivity contribution in [3.05, 3.63) is 23.1 Å². The number of ether oxygens (including phenoxy) is 1. The van der Waals surface area contributed by atoms with Crippen LogP contribution in [-0.2, 0) is 6.42 Å². The number of hydrogen-bond acceptors (Lipinski definition) is 5. The molecular weight excluding hydrogens is 258 g/mol. The van der Waals surface area contributed by atoms with Gasteiger partial charge in [-0.25, -0.2) is 4.98 Å². The number of carbonyl (C=O) groups excluding carboxylic acids is 1. The maximum atomic E-state index is 11.8. The van der Waals surface area contributed by atoms with E-state index in [1.807, 2.05) is 13.8 Å². The van der Waals surface area contributed by atoms with E-state index in [0.717, 1.165) is 17.7 Å². The minimum absolute atomic E-state index is 0.205. The highest BCUT2D eigenvalue weighted by atomic mass is 16.5. The highest BCUT2D eigenvalue weighted by molar-refractivity contribution is 6.07. The van der Waals surface area contributed by atoms with Gasteiger partial charge in [-0.15, -0.1) is 0 Å². The van der Waals surface area contributed by atoms with Crippen LogP contribution >= 0.6 is 0 Å². The second kappa shape index (κ2) is 5.72. The number of aromatic nitrogens is 3. The number of rotatable bonds is 3. The molecule has 0 saturated heterocycles. The van der Waals surface area contributed by atoms with Gasteiger partial charge < -0.3 is 9.84 Å². The Labute approximate surface area is 116 Å². The average Bonchev–Trinajstić information content (AvgIpc) is 2.88. The Morgan fingerprint density at radius 2 is 2.25 bits per heavy atom. The first kappa shape index (κ1) is 14.0. The zero-order valence-corrected chi connectivity index (χ0v) is 11.6. The molecule has 0 amide bonds. The number of aliphatic hydroxyl groups is 1. The highest BCUT2D eigenvalue weighted by Gasteiger charge is 2.15. The largest absolute Gasteiger partial charge is 0.481 e. The minimum Gasteiger partial charge on any atom is -0.481 e. The van der Waals surface area contributed by atoms with Crippen LogP contribution in [0.1, 0.15) is 28.7 Å². The Morgan fingerprint density at radius 1 is 1.50 bits per heavy atom. The molecular formula is C14H15N3O3. The van der Waals surface area contributed by atoms with E-state index in [-0.39, 0.29) is 12.3 Å². The molecule has 0 aliphatic carbocycles. The maximum Gasteiger partial charge on any atom is 0.255 e. The van der Waals surface area contributed by atoms with Crippen LogP contribution in [0.3, 0.4) is 0 Å². The van der Waals surface area contributed by atoms with Gasteiger partial charge in [-0.1, -0.05) is 12.8 Å². The van der Waals surface area contributed by atoms with E-state index in [1.165, 1.54) is 0 Å². The summed E-state index contributed by atoms with van der Waals surface area (Å²) in [5.74, 6) is 5.09. The summed E-state index contributed by atoms with van der Waals surface area (Å²) < 4.78 is 6.99. The number of fused-ring (bicyclic) bond motifs is 1. The highest BCUT2D eigenvalue weighted by Crippen LogP contribution is 2.22. The summed E-state index contributed by atoms with van der Waals surface area (Å²) in [5.41, 5.74) is 2.10. The Morgan fingerprint density at radius 3 is 2.85 bits per heavy atom. The van der Waals surface area contributed by atoms with Crippen LogP contribution in [0.4, 0.5) is 0 Å².